The second-order valence-corrected chi connectivity index (χ2v) is 4.03. The van der Waals surface area contributed by atoms with Gasteiger partial charge >= 0.3 is 0 Å². The van der Waals surface area contributed by atoms with Crippen LogP contribution in [-0.4, -0.2) is 31.6 Å². The standard InChI is InChI=1S/C10H17BrN2O/c1-3-12-5-6-13(2)8-9-4-7-14-10(9)11/h4,7,12H,3,5-6,8H2,1-2H3. The van der Waals surface area contributed by atoms with Gasteiger partial charge in [-0.25, -0.2) is 0 Å². The smallest absolute Gasteiger partial charge is 0.173 e. The second kappa shape index (κ2) is 6.22. The summed E-state index contributed by atoms with van der Waals surface area (Å²) in [6.45, 7) is 6.15. The van der Waals surface area contributed by atoms with Gasteiger partial charge in [0.05, 0.1) is 6.26 Å². The summed E-state index contributed by atoms with van der Waals surface area (Å²) in [5, 5.41) is 3.30. The molecule has 0 saturated carbocycles. The van der Waals surface area contributed by atoms with E-state index in [1.54, 1.807) is 6.26 Å². The van der Waals surface area contributed by atoms with Crippen LogP contribution in [0.25, 0.3) is 0 Å². The predicted molar refractivity (Wildman–Crippen MR) is 61.3 cm³/mol. The molecule has 0 aliphatic heterocycles. The van der Waals surface area contributed by atoms with Crippen molar-refractivity contribution in [3.63, 3.8) is 0 Å². The molecule has 4 heteroatoms. The molecule has 0 saturated heterocycles. The van der Waals surface area contributed by atoms with Crippen LogP contribution in [0.4, 0.5) is 0 Å². The topological polar surface area (TPSA) is 28.4 Å². The van der Waals surface area contributed by atoms with Gasteiger partial charge in [-0.05, 0) is 35.6 Å². The molecule has 0 radical (unpaired) electrons. The highest BCUT2D eigenvalue weighted by Gasteiger charge is 2.05. The van der Waals surface area contributed by atoms with Crippen molar-refractivity contribution < 1.29 is 4.42 Å². The van der Waals surface area contributed by atoms with Gasteiger partial charge in [0.25, 0.3) is 0 Å². The van der Waals surface area contributed by atoms with E-state index in [1.165, 1.54) is 5.56 Å². The molecule has 1 aromatic heterocycles. The van der Waals surface area contributed by atoms with Crippen LogP contribution in [-0.2, 0) is 6.54 Å². The third-order valence-corrected chi connectivity index (χ3v) is 2.75. The molecule has 1 heterocycles. The minimum atomic E-state index is 0.841. The fourth-order valence-electron chi connectivity index (χ4n) is 1.25. The molecule has 3 nitrogen and oxygen atoms in total. The summed E-state index contributed by atoms with van der Waals surface area (Å²) in [7, 11) is 2.11. The van der Waals surface area contributed by atoms with Gasteiger partial charge in [0, 0.05) is 25.2 Å². The van der Waals surface area contributed by atoms with Crippen molar-refractivity contribution in [2.24, 2.45) is 0 Å². The van der Waals surface area contributed by atoms with Crippen molar-refractivity contribution in [1.82, 2.24) is 10.2 Å². The van der Waals surface area contributed by atoms with Crippen LogP contribution in [0.2, 0.25) is 0 Å². The Morgan fingerprint density at radius 2 is 2.36 bits per heavy atom. The number of hydrogen-bond acceptors (Lipinski definition) is 3. The normalized spacial score (nSPS) is 11.1. The van der Waals surface area contributed by atoms with Crippen LogP contribution in [0.15, 0.2) is 21.4 Å². The summed E-state index contributed by atoms with van der Waals surface area (Å²) in [5.41, 5.74) is 1.20. The van der Waals surface area contributed by atoms with Crippen molar-refractivity contribution in [2.75, 3.05) is 26.7 Å². The number of likely N-dealkylation sites (N-methyl/N-ethyl adjacent to an activating group) is 2. The van der Waals surface area contributed by atoms with Crippen molar-refractivity contribution in [1.29, 1.82) is 0 Å². The summed E-state index contributed by atoms with van der Waals surface area (Å²) >= 11 is 3.37. The Bertz CT molecular complexity index is 262. The molecule has 0 spiro atoms. The highest BCUT2D eigenvalue weighted by molar-refractivity contribution is 9.10. The van der Waals surface area contributed by atoms with E-state index in [-0.39, 0.29) is 0 Å². The van der Waals surface area contributed by atoms with E-state index in [4.69, 9.17) is 4.42 Å². The SMILES string of the molecule is CCNCCN(C)Cc1ccoc1Br. The van der Waals surface area contributed by atoms with E-state index in [0.29, 0.717) is 0 Å². The zero-order valence-corrected chi connectivity index (χ0v) is 10.3. The zero-order chi connectivity index (χ0) is 10.4. The molecule has 0 unspecified atom stereocenters. The number of furan rings is 1. The minimum Gasteiger partial charge on any atom is -0.457 e. The summed E-state index contributed by atoms with van der Waals surface area (Å²) in [5.74, 6) is 0. The molecular formula is C10H17BrN2O. The number of rotatable bonds is 6. The van der Waals surface area contributed by atoms with Gasteiger partial charge in [-0.2, -0.15) is 0 Å². The molecule has 0 aromatic carbocycles. The first-order valence-corrected chi connectivity index (χ1v) is 5.64. The Labute approximate surface area is 93.6 Å². The Morgan fingerprint density at radius 3 is 2.93 bits per heavy atom. The van der Waals surface area contributed by atoms with E-state index in [9.17, 15) is 0 Å². The summed E-state index contributed by atoms with van der Waals surface area (Å²) in [4.78, 5) is 2.26. The average molecular weight is 261 g/mol. The third-order valence-electron chi connectivity index (χ3n) is 2.05. The molecule has 0 aliphatic carbocycles. The maximum Gasteiger partial charge on any atom is 0.173 e. The van der Waals surface area contributed by atoms with Crippen molar-refractivity contribution >= 4 is 15.9 Å². The van der Waals surface area contributed by atoms with E-state index < -0.39 is 0 Å². The monoisotopic (exact) mass is 260 g/mol. The Balaban J connectivity index is 2.27. The van der Waals surface area contributed by atoms with E-state index >= 15 is 0 Å². The molecule has 1 aromatic rings. The quantitative estimate of drug-likeness (QED) is 0.795. The Morgan fingerprint density at radius 1 is 1.57 bits per heavy atom. The lowest BCUT2D eigenvalue weighted by molar-refractivity contribution is 0.323. The first-order valence-electron chi connectivity index (χ1n) is 4.85. The van der Waals surface area contributed by atoms with Gasteiger partial charge in [-0.3, -0.25) is 0 Å². The predicted octanol–water partition coefficient (Wildman–Crippen LogP) is 2.08. The van der Waals surface area contributed by atoms with Crippen LogP contribution in [0, 0.1) is 0 Å². The molecule has 0 aliphatic rings. The lowest BCUT2D eigenvalue weighted by Gasteiger charge is -2.15. The lowest BCUT2D eigenvalue weighted by Crippen LogP contribution is -2.28. The van der Waals surface area contributed by atoms with Crippen LogP contribution in [0.3, 0.4) is 0 Å². The summed E-state index contributed by atoms with van der Waals surface area (Å²) < 4.78 is 6.01. The van der Waals surface area contributed by atoms with Crippen molar-refractivity contribution in [3.05, 3.63) is 22.6 Å². The second-order valence-electron chi connectivity index (χ2n) is 3.31. The Kier molecular flexibility index (Phi) is 5.22. The maximum absolute atomic E-state index is 5.17. The number of hydrogen-bond donors (Lipinski definition) is 1. The highest BCUT2D eigenvalue weighted by Crippen LogP contribution is 2.18. The van der Waals surface area contributed by atoms with Gasteiger partial charge in [0.15, 0.2) is 4.67 Å². The highest BCUT2D eigenvalue weighted by atomic mass is 79.9. The molecule has 80 valence electrons. The van der Waals surface area contributed by atoms with Gasteiger partial charge in [-0.15, -0.1) is 0 Å². The molecule has 1 rings (SSSR count). The van der Waals surface area contributed by atoms with Crippen LogP contribution >= 0.6 is 15.9 Å². The number of nitrogens with one attached hydrogen (secondary N) is 1. The lowest BCUT2D eigenvalue weighted by atomic mass is 10.3. The first-order chi connectivity index (χ1) is 6.74. The number of halogens is 1. The zero-order valence-electron chi connectivity index (χ0n) is 8.72. The summed E-state index contributed by atoms with van der Waals surface area (Å²) in [6, 6.07) is 1.99. The maximum atomic E-state index is 5.17. The van der Waals surface area contributed by atoms with Gasteiger partial charge in [0.2, 0.25) is 0 Å². The average Bonchev–Trinajstić information content (AvgIpc) is 2.52. The van der Waals surface area contributed by atoms with Gasteiger partial charge < -0.3 is 14.6 Å². The van der Waals surface area contributed by atoms with E-state index in [1.807, 2.05) is 6.07 Å². The minimum absolute atomic E-state index is 0.841. The van der Waals surface area contributed by atoms with Gasteiger partial charge in [-0.1, -0.05) is 6.92 Å². The fraction of sp³-hybridized carbons (Fsp3) is 0.600. The van der Waals surface area contributed by atoms with Crippen LogP contribution in [0.1, 0.15) is 12.5 Å². The van der Waals surface area contributed by atoms with E-state index in [0.717, 1.165) is 30.8 Å². The molecule has 0 bridgehead atoms. The molecule has 14 heavy (non-hydrogen) atoms. The summed E-state index contributed by atoms with van der Waals surface area (Å²) in [6.07, 6.45) is 1.71. The largest absolute Gasteiger partial charge is 0.457 e. The Hall–Kier alpha value is -0.320. The molecule has 0 amide bonds. The molecular weight excluding hydrogens is 244 g/mol. The van der Waals surface area contributed by atoms with E-state index in [2.05, 4.69) is 40.1 Å². The van der Waals surface area contributed by atoms with Crippen molar-refractivity contribution in [2.45, 2.75) is 13.5 Å². The van der Waals surface area contributed by atoms with Crippen LogP contribution < -0.4 is 5.32 Å². The molecule has 0 atom stereocenters. The van der Waals surface area contributed by atoms with Crippen molar-refractivity contribution in [3.8, 4) is 0 Å². The van der Waals surface area contributed by atoms with Gasteiger partial charge in [0.1, 0.15) is 0 Å². The van der Waals surface area contributed by atoms with Crippen LogP contribution in [0.5, 0.6) is 0 Å². The molecule has 0 fully saturated rings. The number of nitrogens with zero attached hydrogens (tertiary/aromatic N) is 1. The third kappa shape index (κ3) is 3.82. The fourth-order valence-corrected chi connectivity index (χ4v) is 1.61. The first kappa shape index (κ1) is 11.8. The molecule has 1 N–H and O–H groups in total.